The van der Waals surface area contributed by atoms with E-state index in [1.807, 2.05) is 27.7 Å². The number of nitrogens with one attached hydrogen (secondary N) is 1. The van der Waals surface area contributed by atoms with E-state index < -0.39 is 17.7 Å². The van der Waals surface area contributed by atoms with Crippen LogP contribution in [-0.2, 0) is 9.59 Å². The average Bonchev–Trinajstić information content (AvgIpc) is 2.77. The molecule has 1 N–H and O–H groups in total. The van der Waals surface area contributed by atoms with Crippen molar-refractivity contribution in [2.75, 3.05) is 31.7 Å². The molecular formula is C24H30ClN3O6. The molecule has 0 heterocycles. The number of Topliss-reactive ketones (excluding diaryl/α,β-unsaturated/α-hetero) is 1. The summed E-state index contributed by atoms with van der Waals surface area (Å²) in [5.74, 6) is 0.648. The average molecular weight is 492 g/mol. The van der Waals surface area contributed by atoms with Crippen molar-refractivity contribution in [3.05, 3.63) is 35.4 Å². The van der Waals surface area contributed by atoms with Crippen LogP contribution in [0.1, 0.15) is 34.6 Å². The van der Waals surface area contributed by atoms with Gasteiger partial charge in [-0.2, -0.15) is 10.2 Å². The number of ether oxygens (including phenoxy) is 4. The molecular weight excluding hydrogens is 462 g/mol. The van der Waals surface area contributed by atoms with Crippen molar-refractivity contribution in [3.63, 3.8) is 0 Å². The van der Waals surface area contributed by atoms with E-state index in [-0.39, 0.29) is 0 Å². The molecule has 0 aromatic heterocycles. The van der Waals surface area contributed by atoms with Gasteiger partial charge in [-0.15, -0.1) is 0 Å². The SMILES string of the molecule is CCOc1cc(N=NC(C(C)=O)C(=O)Nc2cc(OCC)c(Cl)c(OCC)c2)cc(OCC)c1. The Hall–Kier alpha value is -3.33. The minimum Gasteiger partial charge on any atom is -0.494 e. The Morgan fingerprint density at radius 1 is 0.853 bits per heavy atom. The van der Waals surface area contributed by atoms with Gasteiger partial charge >= 0.3 is 0 Å². The molecule has 0 saturated heterocycles. The zero-order chi connectivity index (χ0) is 25.1. The number of benzene rings is 2. The van der Waals surface area contributed by atoms with Crippen molar-refractivity contribution in [1.29, 1.82) is 0 Å². The topological polar surface area (TPSA) is 108 Å². The number of anilines is 1. The molecule has 0 fully saturated rings. The number of rotatable bonds is 13. The highest BCUT2D eigenvalue weighted by atomic mass is 35.5. The summed E-state index contributed by atoms with van der Waals surface area (Å²) in [6, 6.07) is 6.77. The van der Waals surface area contributed by atoms with Crippen LogP contribution < -0.4 is 24.3 Å². The number of hydrogen-bond acceptors (Lipinski definition) is 8. The first kappa shape index (κ1) is 26.9. The second-order valence-corrected chi connectivity index (χ2v) is 7.28. The van der Waals surface area contributed by atoms with Gasteiger partial charge < -0.3 is 24.3 Å². The van der Waals surface area contributed by atoms with Gasteiger partial charge in [0.2, 0.25) is 6.04 Å². The molecule has 0 bridgehead atoms. The lowest BCUT2D eigenvalue weighted by Crippen LogP contribution is -2.31. The summed E-state index contributed by atoms with van der Waals surface area (Å²) in [5, 5.41) is 11.0. The lowest BCUT2D eigenvalue weighted by Gasteiger charge is -2.15. The predicted octanol–water partition coefficient (Wildman–Crippen LogP) is 5.61. The number of carbonyl (C=O) groups is 2. The fourth-order valence-corrected chi connectivity index (χ4v) is 3.15. The van der Waals surface area contributed by atoms with Gasteiger partial charge in [0.25, 0.3) is 5.91 Å². The first-order chi connectivity index (χ1) is 16.3. The number of nitrogens with zero attached hydrogens (tertiary/aromatic N) is 2. The summed E-state index contributed by atoms with van der Waals surface area (Å²) >= 11 is 6.30. The molecule has 0 saturated carbocycles. The molecule has 2 rings (SSSR count). The third-order valence-electron chi connectivity index (χ3n) is 4.28. The van der Waals surface area contributed by atoms with Crippen LogP contribution in [0.4, 0.5) is 11.4 Å². The van der Waals surface area contributed by atoms with Crippen molar-refractivity contribution < 1.29 is 28.5 Å². The molecule has 1 unspecified atom stereocenters. The summed E-state index contributed by atoms with van der Waals surface area (Å²) in [5.41, 5.74) is 0.733. The monoisotopic (exact) mass is 491 g/mol. The molecule has 34 heavy (non-hydrogen) atoms. The Bertz CT molecular complexity index is 977. The van der Waals surface area contributed by atoms with Gasteiger partial charge in [0.1, 0.15) is 28.0 Å². The zero-order valence-corrected chi connectivity index (χ0v) is 20.8. The quantitative estimate of drug-likeness (QED) is 0.288. The molecule has 1 atom stereocenters. The molecule has 9 nitrogen and oxygen atoms in total. The molecule has 2 aromatic carbocycles. The first-order valence-electron chi connectivity index (χ1n) is 11.0. The second kappa shape index (κ2) is 13.4. The standard InChI is InChI=1S/C24H30ClN3O6/c1-6-31-18-10-17(11-19(14-18)32-7-2)27-28-23(15(5)29)24(30)26-16-12-20(33-8-3)22(25)21(13-16)34-9-4/h10-14,23H,6-9H2,1-5H3,(H,26,30). The Morgan fingerprint density at radius 2 is 1.35 bits per heavy atom. The third kappa shape index (κ3) is 7.62. The molecule has 2 aromatic rings. The molecule has 10 heteroatoms. The lowest BCUT2D eigenvalue weighted by molar-refractivity contribution is -0.126. The Balaban J connectivity index is 2.30. The minimum absolute atomic E-state index is 0.295. The van der Waals surface area contributed by atoms with E-state index in [0.29, 0.717) is 65.8 Å². The fourth-order valence-electron chi connectivity index (χ4n) is 2.93. The van der Waals surface area contributed by atoms with Crippen LogP contribution in [-0.4, -0.2) is 44.2 Å². The van der Waals surface area contributed by atoms with Gasteiger partial charge in [0.05, 0.1) is 32.1 Å². The fraction of sp³-hybridized carbons (Fsp3) is 0.417. The van der Waals surface area contributed by atoms with Crippen LogP contribution in [0.5, 0.6) is 23.0 Å². The Labute approximate surface area is 204 Å². The number of ketones is 1. The van der Waals surface area contributed by atoms with Gasteiger partial charge in [-0.25, -0.2) is 0 Å². The van der Waals surface area contributed by atoms with Gasteiger partial charge in [-0.3, -0.25) is 9.59 Å². The molecule has 184 valence electrons. The van der Waals surface area contributed by atoms with Crippen LogP contribution >= 0.6 is 11.6 Å². The highest BCUT2D eigenvalue weighted by Gasteiger charge is 2.24. The van der Waals surface area contributed by atoms with E-state index in [1.54, 1.807) is 30.3 Å². The smallest absolute Gasteiger partial charge is 0.258 e. The van der Waals surface area contributed by atoms with Crippen molar-refractivity contribution in [2.24, 2.45) is 10.2 Å². The van der Waals surface area contributed by atoms with Crippen LogP contribution in [0.25, 0.3) is 0 Å². The van der Waals surface area contributed by atoms with Crippen molar-refractivity contribution in [2.45, 2.75) is 40.7 Å². The summed E-state index contributed by atoms with van der Waals surface area (Å²) in [6.07, 6.45) is 0. The predicted molar refractivity (Wildman–Crippen MR) is 130 cm³/mol. The van der Waals surface area contributed by atoms with E-state index in [2.05, 4.69) is 15.5 Å². The maximum Gasteiger partial charge on any atom is 0.258 e. The van der Waals surface area contributed by atoms with Gasteiger partial charge in [-0.1, -0.05) is 11.6 Å². The van der Waals surface area contributed by atoms with Crippen LogP contribution in [0.3, 0.4) is 0 Å². The molecule has 1 amide bonds. The van der Waals surface area contributed by atoms with E-state index in [1.165, 1.54) is 6.92 Å². The largest absolute Gasteiger partial charge is 0.494 e. The van der Waals surface area contributed by atoms with E-state index in [9.17, 15) is 9.59 Å². The maximum atomic E-state index is 12.9. The van der Waals surface area contributed by atoms with E-state index >= 15 is 0 Å². The third-order valence-corrected chi connectivity index (χ3v) is 4.65. The highest BCUT2D eigenvalue weighted by Crippen LogP contribution is 2.38. The molecule has 0 radical (unpaired) electrons. The number of carbonyl (C=O) groups excluding carboxylic acids is 2. The second-order valence-electron chi connectivity index (χ2n) is 6.90. The lowest BCUT2D eigenvalue weighted by atomic mass is 10.2. The van der Waals surface area contributed by atoms with Gasteiger partial charge in [0.15, 0.2) is 5.78 Å². The minimum atomic E-state index is -1.37. The van der Waals surface area contributed by atoms with Crippen LogP contribution in [0, 0.1) is 0 Å². The normalized spacial score (nSPS) is 11.7. The summed E-state index contributed by atoms with van der Waals surface area (Å²) in [7, 11) is 0. The highest BCUT2D eigenvalue weighted by molar-refractivity contribution is 6.33. The van der Waals surface area contributed by atoms with Crippen molar-refractivity contribution in [1.82, 2.24) is 0 Å². The number of amides is 1. The Morgan fingerprint density at radius 3 is 1.79 bits per heavy atom. The number of azo groups is 1. The van der Waals surface area contributed by atoms with Crippen molar-refractivity contribution >= 4 is 34.7 Å². The molecule has 0 spiro atoms. The molecule has 0 aliphatic heterocycles. The summed E-state index contributed by atoms with van der Waals surface area (Å²) in [4.78, 5) is 25.1. The summed E-state index contributed by atoms with van der Waals surface area (Å²) < 4.78 is 22.1. The molecule has 0 aliphatic carbocycles. The zero-order valence-electron chi connectivity index (χ0n) is 20.0. The van der Waals surface area contributed by atoms with Crippen LogP contribution in [0.2, 0.25) is 5.02 Å². The van der Waals surface area contributed by atoms with Gasteiger partial charge in [0, 0.05) is 36.0 Å². The maximum absolute atomic E-state index is 12.9. The van der Waals surface area contributed by atoms with Crippen molar-refractivity contribution in [3.8, 4) is 23.0 Å². The van der Waals surface area contributed by atoms with Crippen LogP contribution in [0.15, 0.2) is 40.6 Å². The van der Waals surface area contributed by atoms with E-state index in [0.717, 1.165) is 0 Å². The van der Waals surface area contributed by atoms with E-state index in [4.69, 9.17) is 30.5 Å². The number of hydrogen-bond donors (Lipinski definition) is 1. The molecule has 0 aliphatic rings. The van der Waals surface area contributed by atoms with Gasteiger partial charge in [-0.05, 0) is 34.6 Å². The Kier molecular flexibility index (Phi) is 10.6. The summed E-state index contributed by atoms with van der Waals surface area (Å²) in [6.45, 7) is 10.3. The number of halogens is 1. The first-order valence-corrected chi connectivity index (χ1v) is 11.4.